The monoisotopic (exact) mass is 1040 g/mol. The third-order valence-electron chi connectivity index (χ3n) is 12.2. The minimum atomic E-state index is -0.814. The Morgan fingerprint density at radius 3 is 0.882 bits per heavy atom. The summed E-state index contributed by atoms with van der Waals surface area (Å²) in [6, 6.07) is 0. The molecule has 0 spiro atoms. The highest BCUT2D eigenvalue weighted by molar-refractivity contribution is 5.70. The van der Waals surface area contributed by atoms with Gasteiger partial charge in [-0.2, -0.15) is 0 Å². The van der Waals surface area contributed by atoms with Gasteiger partial charge in [0.2, 0.25) is 0 Å². The molecule has 0 amide bonds. The van der Waals surface area contributed by atoms with Crippen molar-refractivity contribution in [3.8, 4) is 0 Å². The summed E-state index contributed by atoms with van der Waals surface area (Å²) in [5.74, 6) is -0.663. The predicted molar refractivity (Wildman–Crippen MR) is 333 cm³/mol. The molecule has 0 aromatic heterocycles. The van der Waals surface area contributed by atoms with Gasteiger partial charge in [0.25, 0.3) is 0 Å². The highest BCUT2D eigenvalue weighted by Gasteiger charge is 2.16. The number of hydrogen-bond acceptors (Lipinski definition) is 5. The van der Waals surface area contributed by atoms with Gasteiger partial charge in [0.05, 0.1) is 6.61 Å². The Morgan fingerprint density at radius 2 is 0.566 bits per heavy atom. The lowest BCUT2D eigenvalue weighted by Gasteiger charge is -2.15. The van der Waals surface area contributed by atoms with Crippen LogP contribution in [0.3, 0.4) is 0 Å². The summed E-state index contributed by atoms with van der Waals surface area (Å²) in [7, 11) is 0. The second kappa shape index (κ2) is 64.3. The van der Waals surface area contributed by atoms with Gasteiger partial charge in [0.1, 0.15) is 6.61 Å². The standard InChI is InChI=1S/C71H110O5/c1-3-5-7-9-11-13-15-17-19-21-23-25-27-28-29-30-31-32-33-34-35-36-37-38-39-40-41-42-44-46-48-50-52-54-56-58-60-62-64-66-71(74)76-69(67-72)68-75-70(73)65-63-61-59-57-55-53-51-49-47-45-43-26-24-22-20-18-16-14-12-10-8-6-4-2/h5,7,11,13,16-19,22-25,28-29,31-32,34-35,37-38,40-41,43-46,50,52,56,58,69,72H,3-4,6,8-10,12,14-15,20-21,26-27,30,33,36,39,42,47-49,51,53-55,57,59-68H2,1-2H3/b7-5-,13-11-,18-16-,19-17-,24-22-,25-23-,29-28-,32-31-,35-34-,38-37-,41-40-,45-43-,46-44-,52-50-,58-56-. The molecule has 0 saturated carbocycles. The largest absolute Gasteiger partial charge is 0.462 e. The van der Waals surface area contributed by atoms with E-state index in [9.17, 15) is 14.7 Å². The van der Waals surface area contributed by atoms with Crippen molar-refractivity contribution in [2.24, 2.45) is 0 Å². The fourth-order valence-electron chi connectivity index (χ4n) is 7.66. The highest BCUT2D eigenvalue weighted by Crippen LogP contribution is 2.13. The van der Waals surface area contributed by atoms with Crippen LogP contribution in [0.25, 0.3) is 0 Å². The molecule has 0 radical (unpaired) electrons. The van der Waals surface area contributed by atoms with E-state index in [1.54, 1.807) is 0 Å². The fraction of sp³-hybridized carbons (Fsp3) is 0.549. The molecular weight excluding hydrogens is 933 g/mol. The van der Waals surface area contributed by atoms with Crippen molar-refractivity contribution in [3.05, 3.63) is 182 Å². The molecule has 0 heterocycles. The van der Waals surface area contributed by atoms with Crippen molar-refractivity contribution < 1.29 is 24.2 Å². The van der Waals surface area contributed by atoms with Crippen LogP contribution in [0.4, 0.5) is 0 Å². The maximum absolute atomic E-state index is 12.3. The minimum Gasteiger partial charge on any atom is -0.462 e. The number of allylic oxidation sites excluding steroid dienone is 30. The van der Waals surface area contributed by atoms with Crippen LogP contribution >= 0.6 is 0 Å². The Balaban J connectivity index is 3.71. The van der Waals surface area contributed by atoms with E-state index in [-0.39, 0.29) is 31.6 Å². The van der Waals surface area contributed by atoms with Gasteiger partial charge < -0.3 is 14.6 Å². The molecule has 1 atom stereocenters. The SMILES string of the molecule is CC/C=C\C/C=C\C/C=C\C/C=C\C/C=C\C/C=C\C/C=C\C/C=C\C/C=C\C/C=C\C/C=C\C/C=C\CCCCC(=O)OC(CO)COC(=O)CCCCCCCCCC/C=C\C/C=C\C/C=C\CCCCCCC. The van der Waals surface area contributed by atoms with E-state index in [0.29, 0.717) is 12.8 Å². The number of aliphatic hydroxyl groups is 1. The molecule has 0 fully saturated rings. The zero-order valence-corrected chi connectivity index (χ0v) is 48.4. The summed E-state index contributed by atoms with van der Waals surface area (Å²) >= 11 is 0. The van der Waals surface area contributed by atoms with E-state index >= 15 is 0 Å². The zero-order chi connectivity index (χ0) is 54.8. The van der Waals surface area contributed by atoms with Crippen LogP contribution in [-0.4, -0.2) is 36.4 Å². The van der Waals surface area contributed by atoms with Gasteiger partial charge in [-0.05, 0) is 141 Å². The molecule has 0 aliphatic rings. The molecule has 0 saturated heterocycles. The summed E-state index contributed by atoms with van der Waals surface area (Å²) in [5, 5.41) is 9.66. The van der Waals surface area contributed by atoms with Gasteiger partial charge in [-0.3, -0.25) is 9.59 Å². The third kappa shape index (κ3) is 61.5. The molecule has 0 aromatic carbocycles. The quantitative estimate of drug-likeness (QED) is 0.0373. The molecule has 424 valence electrons. The number of ether oxygens (including phenoxy) is 2. The van der Waals surface area contributed by atoms with Gasteiger partial charge in [0, 0.05) is 12.8 Å². The van der Waals surface area contributed by atoms with Crippen LogP contribution in [0.1, 0.15) is 232 Å². The van der Waals surface area contributed by atoms with Crippen LogP contribution in [0.2, 0.25) is 0 Å². The van der Waals surface area contributed by atoms with Crippen molar-refractivity contribution in [3.63, 3.8) is 0 Å². The van der Waals surface area contributed by atoms with Crippen LogP contribution in [0, 0.1) is 0 Å². The Morgan fingerprint density at radius 1 is 0.316 bits per heavy atom. The van der Waals surface area contributed by atoms with E-state index in [0.717, 1.165) is 128 Å². The summed E-state index contributed by atoms with van der Waals surface area (Å²) in [6.07, 6.45) is 102. The molecule has 76 heavy (non-hydrogen) atoms. The van der Waals surface area contributed by atoms with Crippen molar-refractivity contribution in [1.82, 2.24) is 0 Å². The lowest BCUT2D eigenvalue weighted by atomic mass is 10.1. The maximum atomic E-state index is 12.3. The number of carbonyl (C=O) groups is 2. The van der Waals surface area contributed by atoms with E-state index in [1.807, 2.05) is 0 Å². The number of carbonyl (C=O) groups excluding carboxylic acids is 2. The average molecular weight is 1040 g/mol. The molecule has 5 nitrogen and oxygen atoms in total. The van der Waals surface area contributed by atoms with E-state index in [2.05, 4.69) is 196 Å². The Kier molecular flexibility index (Phi) is 60.1. The Labute approximate surface area is 467 Å². The van der Waals surface area contributed by atoms with Crippen molar-refractivity contribution in [2.45, 2.75) is 238 Å². The zero-order valence-electron chi connectivity index (χ0n) is 48.4. The third-order valence-corrected chi connectivity index (χ3v) is 12.2. The van der Waals surface area contributed by atoms with Crippen LogP contribution < -0.4 is 0 Å². The van der Waals surface area contributed by atoms with Gasteiger partial charge in [-0.1, -0.05) is 260 Å². The fourth-order valence-corrected chi connectivity index (χ4v) is 7.66. The van der Waals surface area contributed by atoms with Crippen LogP contribution in [0.15, 0.2) is 182 Å². The first-order chi connectivity index (χ1) is 37.6. The molecule has 0 aliphatic heterocycles. The first-order valence-corrected chi connectivity index (χ1v) is 30.3. The molecule has 5 heteroatoms. The van der Waals surface area contributed by atoms with Crippen molar-refractivity contribution in [2.75, 3.05) is 13.2 Å². The molecule has 1 unspecified atom stereocenters. The number of aliphatic hydroxyl groups excluding tert-OH is 1. The normalized spacial score (nSPS) is 13.6. The number of rotatable bonds is 53. The number of hydrogen-bond donors (Lipinski definition) is 1. The summed E-state index contributed by atoms with van der Waals surface area (Å²) in [5.41, 5.74) is 0. The van der Waals surface area contributed by atoms with Crippen molar-refractivity contribution >= 4 is 11.9 Å². The number of esters is 2. The second-order valence-electron chi connectivity index (χ2n) is 19.3. The molecule has 0 aliphatic carbocycles. The maximum Gasteiger partial charge on any atom is 0.306 e. The van der Waals surface area contributed by atoms with E-state index < -0.39 is 6.10 Å². The topological polar surface area (TPSA) is 72.8 Å². The first-order valence-electron chi connectivity index (χ1n) is 30.3. The molecular formula is C71H110O5. The Hall–Kier alpha value is -5.00. The smallest absolute Gasteiger partial charge is 0.306 e. The average Bonchev–Trinajstić information content (AvgIpc) is 3.42. The van der Waals surface area contributed by atoms with Gasteiger partial charge in [0.15, 0.2) is 6.10 Å². The van der Waals surface area contributed by atoms with Crippen molar-refractivity contribution in [1.29, 1.82) is 0 Å². The summed E-state index contributed by atoms with van der Waals surface area (Å²) < 4.78 is 10.7. The van der Waals surface area contributed by atoms with Gasteiger partial charge in [-0.15, -0.1) is 0 Å². The lowest BCUT2D eigenvalue weighted by Crippen LogP contribution is -2.28. The highest BCUT2D eigenvalue weighted by atomic mass is 16.6. The van der Waals surface area contributed by atoms with E-state index in [1.165, 1.54) is 70.6 Å². The Bertz CT molecular complexity index is 1750. The van der Waals surface area contributed by atoms with Crippen LogP contribution in [-0.2, 0) is 19.1 Å². The second-order valence-corrected chi connectivity index (χ2v) is 19.3. The lowest BCUT2D eigenvalue weighted by molar-refractivity contribution is -0.161. The molecule has 1 N–H and O–H groups in total. The number of unbranched alkanes of at least 4 members (excludes halogenated alkanes) is 15. The summed E-state index contributed by atoms with van der Waals surface area (Å²) in [6.45, 7) is 3.96. The molecule has 0 aromatic rings. The van der Waals surface area contributed by atoms with Crippen LogP contribution in [0.5, 0.6) is 0 Å². The predicted octanol–water partition coefficient (Wildman–Crippen LogP) is 21.1. The molecule has 0 bridgehead atoms. The molecule has 0 rings (SSSR count). The van der Waals surface area contributed by atoms with Gasteiger partial charge in [-0.25, -0.2) is 0 Å². The minimum absolute atomic E-state index is 0.0996. The first kappa shape index (κ1) is 71.0. The van der Waals surface area contributed by atoms with Gasteiger partial charge >= 0.3 is 11.9 Å². The van der Waals surface area contributed by atoms with E-state index in [4.69, 9.17) is 9.47 Å². The summed E-state index contributed by atoms with van der Waals surface area (Å²) in [4.78, 5) is 24.5.